The van der Waals surface area contributed by atoms with Gasteiger partial charge in [0.15, 0.2) is 0 Å². The van der Waals surface area contributed by atoms with E-state index in [9.17, 15) is 27.9 Å². The summed E-state index contributed by atoms with van der Waals surface area (Å²) in [5.41, 5.74) is 3.34. The predicted octanol–water partition coefficient (Wildman–Crippen LogP) is 5.49. The first-order valence-electron chi connectivity index (χ1n) is 10.7. The van der Waals surface area contributed by atoms with Crippen molar-refractivity contribution in [2.75, 3.05) is 6.54 Å². The largest absolute Gasteiger partial charge is 0.573 e. The molecule has 5 rings (SSSR count). The number of pyridine rings is 1. The number of fused-ring (bicyclic) bond motifs is 3. The standard InChI is InChI=1S/C25H19F3N2O5/c1-14-10-17(35-25(26,27)28)3-5-18(14)15-6-9-30(23(31)11-15)16-2-4-19-20-13-29(24(32)33)8-7-21(20)34-22(19)12-16/h2-6,9-12H,7-8,13H2,1H3,(H,32,33). The highest BCUT2D eigenvalue weighted by Crippen LogP contribution is 2.33. The molecule has 1 N–H and O–H groups in total. The Bertz CT molecular complexity index is 1520. The first kappa shape index (κ1) is 22.6. The van der Waals surface area contributed by atoms with Gasteiger partial charge in [0.1, 0.15) is 17.1 Å². The van der Waals surface area contributed by atoms with E-state index in [1.165, 1.54) is 33.7 Å². The number of rotatable bonds is 3. The van der Waals surface area contributed by atoms with Gasteiger partial charge in [-0.25, -0.2) is 4.79 Å². The molecule has 1 aliphatic heterocycles. The molecule has 35 heavy (non-hydrogen) atoms. The van der Waals surface area contributed by atoms with E-state index in [0.717, 1.165) is 16.7 Å². The predicted molar refractivity (Wildman–Crippen MR) is 121 cm³/mol. The minimum absolute atomic E-state index is 0.248. The van der Waals surface area contributed by atoms with Gasteiger partial charge in [-0.3, -0.25) is 9.36 Å². The lowest BCUT2D eigenvalue weighted by molar-refractivity contribution is -0.274. The third kappa shape index (κ3) is 4.34. The van der Waals surface area contributed by atoms with Crippen LogP contribution in [0.3, 0.4) is 0 Å². The van der Waals surface area contributed by atoms with E-state index in [0.29, 0.717) is 40.9 Å². The van der Waals surface area contributed by atoms with Gasteiger partial charge in [0, 0.05) is 42.2 Å². The quantitative estimate of drug-likeness (QED) is 0.416. The number of furan rings is 1. The Hall–Kier alpha value is -4.21. The first-order chi connectivity index (χ1) is 16.6. The summed E-state index contributed by atoms with van der Waals surface area (Å²) in [6.07, 6.45) is -3.69. The van der Waals surface area contributed by atoms with Crippen LogP contribution in [0.25, 0.3) is 27.8 Å². The van der Waals surface area contributed by atoms with Crippen LogP contribution in [0.2, 0.25) is 0 Å². The molecule has 3 heterocycles. The molecule has 2 aromatic carbocycles. The van der Waals surface area contributed by atoms with Crippen molar-refractivity contribution in [3.63, 3.8) is 0 Å². The highest BCUT2D eigenvalue weighted by molar-refractivity contribution is 5.85. The van der Waals surface area contributed by atoms with Crippen molar-refractivity contribution in [3.8, 4) is 22.6 Å². The molecule has 10 heteroatoms. The number of nitrogens with zero attached hydrogens (tertiary/aromatic N) is 2. The van der Waals surface area contributed by atoms with Gasteiger partial charge in [0.2, 0.25) is 0 Å². The van der Waals surface area contributed by atoms with Gasteiger partial charge in [-0.05, 0) is 53.9 Å². The van der Waals surface area contributed by atoms with Gasteiger partial charge in [-0.1, -0.05) is 6.07 Å². The summed E-state index contributed by atoms with van der Waals surface area (Å²) in [5, 5.41) is 10.1. The second-order valence-corrected chi connectivity index (χ2v) is 8.29. The van der Waals surface area contributed by atoms with Crippen molar-refractivity contribution < 1.29 is 32.2 Å². The van der Waals surface area contributed by atoms with Gasteiger partial charge >= 0.3 is 12.5 Å². The lowest BCUT2D eigenvalue weighted by atomic mass is 10.0. The molecule has 180 valence electrons. The molecule has 4 aromatic rings. The highest BCUT2D eigenvalue weighted by Gasteiger charge is 2.31. The van der Waals surface area contributed by atoms with Crippen LogP contribution in [0.15, 0.2) is 63.9 Å². The van der Waals surface area contributed by atoms with E-state index in [4.69, 9.17) is 4.42 Å². The monoisotopic (exact) mass is 484 g/mol. The molecule has 0 spiro atoms. The molecule has 1 amide bonds. The van der Waals surface area contributed by atoms with E-state index in [-0.39, 0.29) is 17.9 Å². The van der Waals surface area contributed by atoms with Crippen LogP contribution in [0.1, 0.15) is 16.9 Å². The molecule has 0 aliphatic carbocycles. The fourth-order valence-corrected chi connectivity index (χ4v) is 4.40. The number of aryl methyl sites for hydroxylation is 1. The van der Waals surface area contributed by atoms with E-state index < -0.39 is 12.5 Å². The first-order valence-corrected chi connectivity index (χ1v) is 10.7. The summed E-state index contributed by atoms with van der Waals surface area (Å²) in [6, 6.07) is 12.4. The van der Waals surface area contributed by atoms with Crippen molar-refractivity contribution in [1.82, 2.24) is 9.47 Å². The van der Waals surface area contributed by atoms with Crippen LogP contribution in [0.4, 0.5) is 18.0 Å². The van der Waals surface area contributed by atoms with Crippen LogP contribution in [0, 0.1) is 6.92 Å². The molecule has 2 aromatic heterocycles. The molecular formula is C25H19F3N2O5. The van der Waals surface area contributed by atoms with Crippen molar-refractivity contribution in [1.29, 1.82) is 0 Å². The summed E-state index contributed by atoms with van der Waals surface area (Å²) >= 11 is 0. The number of carbonyl (C=O) groups is 1. The number of ether oxygens (including phenoxy) is 1. The van der Waals surface area contributed by atoms with Gasteiger partial charge in [0.25, 0.3) is 5.56 Å². The van der Waals surface area contributed by atoms with Crippen molar-refractivity contribution in [2.24, 2.45) is 0 Å². The summed E-state index contributed by atoms with van der Waals surface area (Å²) in [6.45, 7) is 2.25. The number of aromatic nitrogens is 1. The summed E-state index contributed by atoms with van der Waals surface area (Å²) in [7, 11) is 0. The number of carboxylic acid groups (broad SMARTS) is 1. The average Bonchev–Trinajstić information content (AvgIpc) is 3.15. The average molecular weight is 484 g/mol. The molecule has 0 fully saturated rings. The Kier molecular flexibility index (Phi) is 5.31. The summed E-state index contributed by atoms with van der Waals surface area (Å²) < 4.78 is 48.7. The smallest absolute Gasteiger partial charge is 0.465 e. The third-order valence-corrected chi connectivity index (χ3v) is 6.03. The Morgan fingerprint density at radius 1 is 1.11 bits per heavy atom. The maximum atomic E-state index is 12.9. The number of amides is 1. The number of benzene rings is 2. The van der Waals surface area contributed by atoms with E-state index in [1.807, 2.05) is 6.07 Å². The number of alkyl halides is 3. The second kappa shape index (κ2) is 8.23. The van der Waals surface area contributed by atoms with Crippen LogP contribution >= 0.6 is 0 Å². The van der Waals surface area contributed by atoms with Gasteiger partial charge in [-0.15, -0.1) is 13.2 Å². The van der Waals surface area contributed by atoms with Gasteiger partial charge in [0.05, 0.1) is 12.2 Å². The number of hydrogen-bond acceptors (Lipinski definition) is 4. The van der Waals surface area contributed by atoms with E-state index in [1.54, 1.807) is 31.3 Å². The summed E-state index contributed by atoms with van der Waals surface area (Å²) in [4.78, 5) is 25.6. The molecule has 0 saturated carbocycles. The maximum absolute atomic E-state index is 12.9. The highest BCUT2D eigenvalue weighted by atomic mass is 19.4. The van der Waals surface area contributed by atoms with Crippen LogP contribution < -0.4 is 10.3 Å². The SMILES string of the molecule is Cc1cc(OC(F)(F)F)ccc1-c1ccn(-c2ccc3c4c(oc3c2)CCN(C(=O)O)C4)c(=O)c1. The van der Waals surface area contributed by atoms with E-state index in [2.05, 4.69) is 4.74 Å². The topological polar surface area (TPSA) is 84.9 Å². The van der Waals surface area contributed by atoms with Crippen molar-refractivity contribution in [2.45, 2.75) is 26.3 Å². The van der Waals surface area contributed by atoms with Crippen LogP contribution in [0.5, 0.6) is 5.75 Å². The molecule has 0 bridgehead atoms. The molecular weight excluding hydrogens is 465 g/mol. The zero-order chi connectivity index (χ0) is 24.9. The maximum Gasteiger partial charge on any atom is 0.573 e. The Balaban J connectivity index is 1.46. The van der Waals surface area contributed by atoms with Gasteiger partial charge in [-0.2, -0.15) is 0 Å². The van der Waals surface area contributed by atoms with Crippen LogP contribution in [-0.2, 0) is 13.0 Å². The minimum Gasteiger partial charge on any atom is -0.465 e. The lowest BCUT2D eigenvalue weighted by Gasteiger charge is -2.23. The molecule has 0 atom stereocenters. The number of halogens is 3. The molecule has 1 aliphatic rings. The van der Waals surface area contributed by atoms with Gasteiger partial charge < -0.3 is 19.2 Å². The second-order valence-electron chi connectivity index (χ2n) is 8.29. The molecule has 0 saturated heterocycles. The number of hydrogen-bond donors (Lipinski definition) is 1. The molecule has 0 unspecified atom stereocenters. The molecule has 7 nitrogen and oxygen atoms in total. The zero-order valence-corrected chi connectivity index (χ0v) is 18.4. The Morgan fingerprint density at radius 2 is 1.91 bits per heavy atom. The van der Waals surface area contributed by atoms with E-state index >= 15 is 0 Å². The molecule has 0 radical (unpaired) electrons. The fourth-order valence-electron chi connectivity index (χ4n) is 4.40. The van der Waals surface area contributed by atoms with Crippen molar-refractivity contribution >= 4 is 17.1 Å². The fraction of sp³-hybridized carbons (Fsp3) is 0.200. The Labute approximate surface area is 196 Å². The third-order valence-electron chi connectivity index (χ3n) is 6.03. The zero-order valence-electron chi connectivity index (χ0n) is 18.4. The summed E-state index contributed by atoms with van der Waals surface area (Å²) in [5.74, 6) is 0.416. The van der Waals surface area contributed by atoms with Crippen molar-refractivity contribution in [3.05, 3.63) is 82.0 Å². The van der Waals surface area contributed by atoms with Crippen LogP contribution in [-0.4, -0.2) is 33.6 Å². The Morgan fingerprint density at radius 3 is 2.60 bits per heavy atom. The minimum atomic E-state index is -4.78. The lowest BCUT2D eigenvalue weighted by Crippen LogP contribution is -2.34. The normalized spacial score (nSPS) is 13.7.